The third-order valence-electron chi connectivity index (χ3n) is 3.45. The van der Waals surface area contributed by atoms with Crippen molar-refractivity contribution in [2.24, 2.45) is 5.73 Å². The van der Waals surface area contributed by atoms with Crippen LogP contribution in [0.4, 0.5) is 5.82 Å². The number of fused-ring (bicyclic) bond motifs is 1. The second-order valence-corrected chi connectivity index (χ2v) is 5.16. The molecule has 0 atom stereocenters. The summed E-state index contributed by atoms with van der Waals surface area (Å²) in [6.07, 6.45) is 2.49. The molecule has 5 heteroatoms. The summed E-state index contributed by atoms with van der Waals surface area (Å²) in [7, 11) is 0. The van der Waals surface area contributed by atoms with Crippen LogP contribution in [0.2, 0.25) is 0 Å². The molecule has 2 aromatic heterocycles. The van der Waals surface area contributed by atoms with E-state index in [0.717, 1.165) is 30.0 Å². The molecule has 0 fully saturated rings. The molecule has 0 spiro atoms. The van der Waals surface area contributed by atoms with Crippen LogP contribution in [-0.2, 0) is 13.0 Å². The van der Waals surface area contributed by atoms with Crippen molar-refractivity contribution in [1.82, 2.24) is 14.6 Å². The number of hydrogen-bond acceptors (Lipinski definition) is 4. The van der Waals surface area contributed by atoms with Crippen LogP contribution < -0.4 is 11.1 Å². The molecule has 0 aliphatic heterocycles. The van der Waals surface area contributed by atoms with Crippen LogP contribution in [0.25, 0.3) is 5.65 Å². The van der Waals surface area contributed by atoms with Gasteiger partial charge in [-0.1, -0.05) is 24.3 Å². The Morgan fingerprint density at radius 1 is 1.14 bits per heavy atom. The molecule has 1 aromatic carbocycles. The molecule has 0 aliphatic rings. The number of rotatable bonds is 5. The summed E-state index contributed by atoms with van der Waals surface area (Å²) < 4.78 is 1.82. The summed E-state index contributed by atoms with van der Waals surface area (Å²) in [4.78, 5) is 4.23. The number of nitrogens with one attached hydrogen (secondary N) is 1. The highest BCUT2D eigenvalue weighted by atomic mass is 15.3. The van der Waals surface area contributed by atoms with E-state index in [9.17, 15) is 0 Å². The van der Waals surface area contributed by atoms with Gasteiger partial charge < -0.3 is 11.1 Å². The lowest BCUT2D eigenvalue weighted by atomic mass is 10.1. The predicted octanol–water partition coefficient (Wildman–Crippen LogP) is 2.15. The first-order chi connectivity index (χ1) is 10.3. The molecule has 0 amide bonds. The molecular formula is C16H19N5. The largest absolute Gasteiger partial charge is 0.366 e. The summed E-state index contributed by atoms with van der Waals surface area (Å²) >= 11 is 0. The first-order valence-electron chi connectivity index (χ1n) is 7.08. The van der Waals surface area contributed by atoms with E-state index in [1.807, 2.05) is 10.6 Å². The van der Waals surface area contributed by atoms with Gasteiger partial charge in [-0.2, -0.15) is 9.61 Å². The Balaban J connectivity index is 1.75. The average molecular weight is 281 g/mol. The number of anilines is 1. The Labute approximate surface area is 123 Å². The van der Waals surface area contributed by atoms with Gasteiger partial charge in [0.25, 0.3) is 0 Å². The van der Waals surface area contributed by atoms with Crippen LogP contribution in [0.1, 0.15) is 16.7 Å². The van der Waals surface area contributed by atoms with E-state index in [0.29, 0.717) is 6.54 Å². The van der Waals surface area contributed by atoms with Gasteiger partial charge in [0.1, 0.15) is 12.1 Å². The fourth-order valence-corrected chi connectivity index (χ4v) is 2.37. The molecule has 0 saturated carbocycles. The SMILES string of the molecule is Cc1cc(NCc2ccc(CCN)cc2)n2ncnc2c1. The Morgan fingerprint density at radius 3 is 2.67 bits per heavy atom. The van der Waals surface area contributed by atoms with Crippen LogP contribution in [0.3, 0.4) is 0 Å². The van der Waals surface area contributed by atoms with Crippen LogP contribution in [0.15, 0.2) is 42.7 Å². The van der Waals surface area contributed by atoms with Gasteiger partial charge in [-0.3, -0.25) is 0 Å². The molecule has 21 heavy (non-hydrogen) atoms. The highest BCUT2D eigenvalue weighted by Gasteiger charge is 2.04. The molecule has 0 radical (unpaired) electrons. The Morgan fingerprint density at radius 2 is 1.90 bits per heavy atom. The molecule has 3 rings (SSSR count). The number of pyridine rings is 1. The number of aromatic nitrogens is 3. The quantitative estimate of drug-likeness (QED) is 0.752. The highest BCUT2D eigenvalue weighted by molar-refractivity contribution is 5.51. The summed E-state index contributed by atoms with van der Waals surface area (Å²) in [5, 5.41) is 7.66. The van der Waals surface area contributed by atoms with Crippen molar-refractivity contribution in [3.63, 3.8) is 0 Å². The standard InChI is InChI=1S/C16H19N5/c1-12-8-15(21-16(9-12)19-11-20-21)18-10-14-4-2-13(3-5-14)6-7-17/h2-5,8-9,11,18H,6-7,10,17H2,1H3. The van der Waals surface area contributed by atoms with E-state index in [1.165, 1.54) is 11.1 Å². The van der Waals surface area contributed by atoms with Crippen LogP contribution in [0.5, 0.6) is 0 Å². The maximum Gasteiger partial charge on any atom is 0.157 e. The fraction of sp³-hybridized carbons (Fsp3) is 0.250. The average Bonchev–Trinajstić information content (AvgIpc) is 2.94. The molecule has 3 aromatic rings. The van der Waals surface area contributed by atoms with Gasteiger partial charge >= 0.3 is 0 Å². The topological polar surface area (TPSA) is 68.2 Å². The van der Waals surface area contributed by atoms with E-state index >= 15 is 0 Å². The summed E-state index contributed by atoms with van der Waals surface area (Å²) in [6, 6.07) is 12.6. The first kappa shape index (κ1) is 13.6. The minimum Gasteiger partial charge on any atom is -0.366 e. The fourth-order valence-electron chi connectivity index (χ4n) is 2.37. The van der Waals surface area contributed by atoms with Crippen LogP contribution >= 0.6 is 0 Å². The van der Waals surface area contributed by atoms with Gasteiger partial charge in [-0.25, -0.2) is 4.98 Å². The summed E-state index contributed by atoms with van der Waals surface area (Å²) in [5.74, 6) is 0.952. The minimum absolute atomic E-state index is 0.686. The van der Waals surface area contributed by atoms with E-state index in [-0.39, 0.29) is 0 Å². The highest BCUT2D eigenvalue weighted by Crippen LogP contribution is 2.14. The molecule has 3 N–H and O–H groups in total. The smallest absolute Gasteiger partial charge is 0.157 e. The molecule has 0 saturated heterocycles. The summed E-state index contributed by atoms with van der Waals surface area (Å²) in [6.45, 7) is 3.49. The van der Waals surface area contributed by atoms with E-state index in [1.54, 1.807) is 6.33 Å². The van der Waals surface area contributed by atoms with E-state index < -0.39 is 0 Å². The minimum atomic E-state index is 0.686. The Kier molecular flexibility index (Phi) is 3.83. The monoisotopic (exact) mass is 281 g/mol. The van der Waals surface area contributed by atoms with Crippen LogP contribution in [0, 0.1) is 6.92 Å². The normalized spacial score (nSPS) is 11.0. The molecule has 0 aliphatic carbocycles. The maximum atomic E-state index is 5.56. The van der Waals surface area contributed by atoms with Crippen molar-refractivity contribution in [2.45, 2.75) is 19.9 Å². The third-order valence-corrected chi connectivity index (χ3v) is 3.45. The Bertz CT molecular complexity index is 730. The number of nitrogens with zero attached hydrogens (tertiary/aromatic N) is 3. The van der Waals surface area contributed by atoms with Gasteiger partial charge in [-0.15, -0.1) is 0 Å². The van der Waals surface area contributed by atoms with Gasteiger partial charge in [0, 0.05) is 6.54 Å². The van der Waals surface area contributed by atoms with Gasteiger partial charge in [0.05, 0.1) is 0 Å². The van der Waals surface area contributed by atoms with Crippen molar-refractivity contribution in [2.75, 3.05) is 11.9 Å². The van der Waals surface area contributed by atoms with Gasteiger partial charge in [0.15, 0.2) is 5.65 Å². The zero-order chi connectivity index (χ0) is 14.7. The van der Waals surface area contributed by atoms with E-state index in [2.05, 4.69) is 52.7 Å². The molecule has 0 unspecified atom stereocenters. The molecule has 5 nitrogen and oxygen atoms in total. The lowest BCUT2D eigenvalue weighted by Gasteiger charge is -2.09. The first-order valence-corrected chi connectivity index (χ1v) is 7.08. The van der Waals surface area contributed by atoms with Crippen molar-refractivity contribution >= 4 is 11.5 Å². The predicted molar refractivity (Wildman–Crippen MR) is 84.3 cm³/mol. The van der Waals surface area contributed by atoms with Gasteiger partial charge in [-0.05, 0) is 48.7 Å². The zero-order valence-corrected chi connectivity index (χ0v) is 12.1. The molecule has 0 bridgehead atoms. The second kappa shape index (κ2) is 5.93. The van der Waals surface area contributed by atoms with Crippen molar-refractivity contribution < 1.29 is 0 Å². The summed E-state index contributed by atoms with van der Waals surface area (Å²) in [5.41, 5.74) is 10.1. The zero-order valence-electron chi connectivity index (χ0n) is 12.1. The molecular weight excluding hydrogens is 262 g/mol. The molecule has 108 valence electrons. The number of benzene rings is 1. The lowest BCUT2D eigenvalue weighted by Crippen LogP contribution is -2.06. The Hall–Kier alpha value is -2.40. The van der Waals surface area contributed by atoms with Gasteiger partial charge in [0.2, 0.25) is 0 Å². The van der Waals surface area contributed by atoms with Crippen molar-refractivity contribution in [3.8, 4) is 0 Å². The third kappa shape index (κ3) is 3.03. The van der Waals surface area contributed by atoms with Crippen molar-refractivity contribution in [3.05, 3.63) is 59.4 Å². The second-order valence-electron chi connectivity index (χ2n) is 5.16. The van der Waals surface area contributed by atoms with Crippen LogP contribution in [-0.4, -0.2) is 21.1 Å². The number of aryl methyl sites for hydroxylation is 1. The maximum absolute atomic E-state index is 5.56. The van der Waals surface area contributed by atoms with Crippen molar-refractivity contribution in [1.29, 1.82) is 0 Å². The molecule has 2 heterocycles. The van der Waals surface area contributed by atoms with E-state index in [4.69, 9.17) is 5.73 Å². The number of nitrogens with two attached hydrogens (primary N) is 1. The lowest BCUT2D eigenvalue weighted by molar-refractivity contribution is 0.938. The number of hydrogen-bond donors (Lipinski definition) is 2.